The fraction of sp³-hybridized carbons (Fsp3) is 0.308. The lowest BCUT2D eigenvalue weighted by Crippen LogP contribution is -2.43. The van der Waals surface area contributed by atoms with Crippen molar-refractivity contribution in [3.05, 3.63) is 28.2 Å². The third-order valence-electron chi connectivity index (χ3n) is 3.01. The molecule has 0 unspecified atom stereocenters. The SMILES string of the molecule is CC1CC(=O)N(c2cc(Br)ccc2C(N)=S)C(=O)C1. The number of hydrogen-bond donors (Lipinski definition) is 1. The molecule has 0 saturated carbocycles. The zero-order valence-corrected chi connectivity index (χ0v) is 12.8. The summed E-state index contributed by atoms with van der Waals surface area (Å²) < 4.78 is 0.765. The minimum Gasteiger partial charge on any atom is -0.389 e. The third-order valence-corrected chi connectivity index (χ3v) is 3.72. The molecule has 0 bridgehead atoms. The smallest absolute Gasteiger partial charge is 0.234 e. The lowest BCUT2D eigenvalue weighted by Gasteiger charge is -2.29. The first-order valence-corrected chi connectivity index (χ1v) is 7.05. The molecule has 4 nitrogen and oxygen atoms in total. The summed E-state index contributed by atoms with van der Waals surface area (Å²) in [6.45, 7) is 1.89. The van der Waals surface area contributed by atoms with Crippen molar-refractivity contribution in [2.24, 2.45) is 11.7 Å². The summed E-state index contributed by atoms with van der Waals surface area (Å²) in [5.74, 6) is -0.338. The standard InChI is InChI=1S/C13H13BrN2O2S/c1-7-4-11(17)16(12(18)5-7)10-6-8(14)2-3-9(10)13(15)19/h2-3,6-7H,4-5H2,1H3,(H2,15,19). The number of anilines is 1. The van der Waals surface area contributed by atoms with Crippen LogP contribution in [0.15, 0.2) is 22.7 Å². The van der Waals surface area contributed by atoms with E-state index in [0.29, 0.717) is 24.1 Å². The van der Waals surface area contributed by atoms with Gasteiger partial charge in [-0.1, -0.05) is 35.1 Å². The van der Waals surface area contributed by atoms with Gasteiger partial charge in [-0.3, -0.25) is 9.59 Å². The maximum absolute atomic E-state index is 12.1. The van der Waals surface area contributed by atoms with E-state index in [1.54, 1.807) is 18.2 Å². The van der Waals surface area contributed by atoms with Crippen molar-refractivity contribution in [3.63, 3.8) is 0 Å². The van der Waals surface area contributed by atoms with Crippen molar-refractivity contribution in [1.82, 2.24) is 0 Å². The highest BCUT2D eigenvalue weighted by molar-refractivity contribution is 9.10. The Hall–Kier alpha value is -1.27. The van der Waals surface area contributed by atoms with Crippen molar-refractivity contribution in [2.75, 3.05) is 4.90 Å². The van der Waals surface area contributed by atoms with Gasteiger partial charge >= 0.3 is 0 Å². The molecular formula is C13H13BrN2O2S. The van der Waals surface area contributed by atoms with Crippen LogP contribution >= 0.6 is 28.1 Å². The van der Waals surface area contributed by atoms with Crippen LogP contribution in [0.3, 0.4) is 0 Å². The van der Waals surface area contributed by atoms with Gasteiger partial charge in [0.25, 0.3) is 0 Å². The highest BCUT2D eigenvalue weighted by atomic mass is 79.9. The molecule has 2 N–H and O–H groups in total. The number of benzene rings is 1. The second-order valence-electron chi connectivity index (χ2n) is 4.66. The highest BCUT2D eigenvalue weighted by Crippen LogP contribution is 2.30. The normalized spacial score (nSPS) is 16.8. The molecule has 1 heterocycles. The predicted octanol–water partition coefficient (Wildman–Crippen LogP) is 2.37. The van der Waals surface area contributed by atoms with E-state index >= 15 is 0 Å². The molecular weight excluding hydrogens is 328 g/mol. The van der Waals surface area contributed by atoms with Gasteiger partial charge in [0, 0.05) is 22.9 Å². The van der Waals surface area contributed by atoms with Crippen molar-refractivity contribution < 1.29 is 9.59 Å². The predicted molar refractivity (Wildman–Crippen MR) is 80.9 cm³/mol. The number of imide groups is 1. The molecule has 1 saturated heterocycles. The first-order valence-electron chi connectivity index (χ1n) is 5.85. The number of thiocarbonyl (C=S) groups is 1. The van der Waals surface area contributed by atoms with E-state index in [9.17, 15) is 9.59 Å². The summed E-state index contributed by atoms with van der Waals surface area (Å²) >= 11 is 8.31. The molecule has 2 amide bonds. The fourth-order valence-corrected chi connectivity index (χ4v) is 2.68. The molecule has 0 aliphatic carbocycles. The molecule has 2 rings (SSSR count). The Morgan fingerprint density at radius 2 is 1.95 bits per heavy atom. The van der Waals surface area contributed by atoms with E-state index in [0.717, 1.165) is 4.47 Å². The van der Waals surface area contributed by atoms with Crippen molar-refractivity contribution in [2.45, 2.75) is 19.8 Å². The topological polar surface area (TPSA) is 63.4 Å². The Morgan fingerprint density at radius 1 is 1.37 bits per heavy atom. The van der Waals surface area contributed by atoms with E-state index in [4.69, 9.17) is 18.0 Å². The van der Waals surface area contributed by atoms with E-state index in [-0.39, 0.29) is 22.7 Å². The molecule has 19 heavy (non-hydrogen) atoms. The zero-order chi connectivity index (χ0) is 14.2. The molecule has 0 spiro atoms. The zero-order valence-electron chi connectivity index (χ0n) is 10.4. The van der Waals surface area contributed by atoms with E-state index in [1.165, 1.54) is 4.90 Å². The van der Waals surface area contributed by atoms with Gasteiger partial charge in [0.15, 0.2) is 0 Å². The summed E-state index contributed by atoms with van der Waals surface area (Å²) in [4.78, 5) is 25.6. The molecule has 0 atom stereocenters. The van der Waals surface area contributed by atoms with Crippen LogP contribution in [0.5, 0.6) is 0 Å². The van der Waals surface area contributed by atoms with Crippen LogP contribution < -0.4 is 10.6 Å². The van der Waals surface area contributed by atoms with E-state index < -0.39 is 0 Å². The number of nitrogens with two attached hydrogens (primary N) is 1. The van der Waals surface area contributed by atoms with Crippen molar-refractivity contribution >= 4 is 50.6 Å². The lowest BCUT2D eigenvalue weighted by molar-refractivity contribution is -0.130. The van der Waals surface area contributed by atoms with Gasteiger partial charge in [-0.2, -0.15) is 0 Å². The summed E-state index contributed by atoms with van der Waals surface area (Å²) in [6, 6.07) is 5.18. The molecule has 0 radical (unpaired) electrons. The summed E-state index contributed by atoms with van der Waals surface area (Å²) in [5, 5.41) is 0. The number of piperidine rings is 1. The Kier molecular flexibility index (Phi) is 4.01. The molecule has 0 aromatic heterocycles. The fourth-order valence-electron chi connectivity index (χ4n) is 2.16. The molecule has 1 aliphatic rings. The monoisotopic (exact) mass is 340 g/mol. The first-order chi connectivity index (χ1) is 8.90. The van der Waals surface area contributed by atoms with Crippen molar-refractivity contribution in [3.8, 4) is 0 Å². The van der Waals surface area contributed by atoms with E-state index in [2.05, 4.69) is 15.9 Å². The Balaban J connectivity index is 2.51. The quantitative estimate of drug-likeness (QED) is 0.663. The second kappa shape index (κ2) is 5.38. The Bertz CT molecular complexity index is 556. The maximum atomic E-state index is 12.1. The summed E-state index contributed by atoms with van der Waals surface area (Å²) in [5.41, 5.74) is 6.65. The van der Waals surface area contributed by atoms with Gasteiger partial charge in [-0.15, -0.1) is 0 Å². The van der Waals surface area contributed by atoms with Crippen LogP contribution in [0.25, 0.3) is 0 Å². The number of nitrogens with zero attached hydrogens (tertiary/aromatic N) is 1. The molecule has 1 aliphatic heterocycles. The Labute approximate surface area is 125 Å². The van der Waals surface area contributed by atoms with Gasteiger partial charge < -0.3 is 5.73 Å². The van der Waals surface area contributed by atoms with Gasteiger partial charge in [-0.25, -0.2) is 4.90 Å². The number of rotatable bonds is 2. The van der Waals surface area contributed by atoms with Crippen LogP contribution in [-0.2, 0) is 9.59 Å². The average Bonchev–Trinajstić information content (AvgIpc) is 2.27. The highest BCUT2D eigenvalue weighted by Gasteiger charge is 2.33. The Morgan fingerprint density at radius 3 is 2.47 bits per heavy atom. The second-order valence-corrected chi connectivity index (χ2v) is 6.02. The molecule has 1 aromatic rings. The average molecular weight is 341 g/mol. The van der Waals surface area contributed by atoms with E-state index in [1.807, 2.05) is 6.92 Å². The first kappa shape index (κ1) is 14.1. The van der Waals surface area contributed by atoms with Gasteiger partial charge in [0.2, 0.25) is 11.8 Å². The number of hydrogen-bond acceptors (Lipinski definition) is 3. The number of halogens is 1. The molecule has 1 fully saturated rings. The van der Waals surface area contributed by atoms with Gasteiger partial charge in [0.1, 0.15) is 4.99 Å². The van der Waals surface area contributed by atoms with Crippen LogP contribution in [0.1, 0.15) is 25.3 Å². The number of carbonyl (C=O) groups excluding carboxylic acids is 2. The van der Waals surface area contributed by atoms with Gasteiger partial charge in [0.05, 0.1) is 5.69 Å². The van der Waals surface area contributed by atoms with Gasteiger partial charge in [-0.05, 0) is 24.1 Å². The van der Waals surface area contributed by atoms with Crippen LogP contribution in [0.4, 0.5) is 5.69 Å². The summed E-state index contributed by atoms with van der Waals surface area (Å²) in [6.07, 6.45) is 0.712. The minimum atomic E-state index is -0.209. The van der Waals surface area contributed by atoms with Crippen molar-refractivity contribution in [1.29, 1.82) is 0 Å². The van der Waals surface area contributed by atoms with Crippen LogP contribution in [0.2, 0.25) is 0 Å². The molecule has 6 heteroatoms. The number of amides is 2. The number of carbonyl (C=O) groups is 2. The third kappa shape index (κ3) is 2.84. The molecule has 1 aromatic carbocycles. The lowest BCUT2D eigenvalue weighted by atomic mass is 9.96. The largest absolute Gasteiger partial charge is 0.389 e. The molecule has 100 valence electrons. The maximum Gasteiger partial charge on any atom is 0.234 e. The van der Waals surface area contributed by atoms with Crippen LogP contribution in [0, 0.1) is 5.92 Å². The summed E-state index contributed by atoms with van der Waals surface area (Å²) in [7, 11) is 0. The minimum absolute atomic E-state index is 0.0803. The van der Waals surface area contributed by atoms with Crippen LogP contribution in [-0.4, -0.2) is 16.8 Å².